The average Bonchev–Trinajstić information content (AvgIpc) is 2.63. The fraction of sp³-hybridized carbons (Fsp3) is 0.300. The van der Waals surface area contributed by atoms with Gasteiger partial charge in [-0.25, -0.2) is 0 Å². The highest BCUT2D eigenvalue weighted by atomic mass is 16.5. The van der Waals surface area contributed by atoms with Crippen LogP contribution in [0.4, 0.5) is 0 Å². The third kappa shape index (κ3) is 5.81. The first-order valence-electron chi connectivity index (χ1n) is 8.30. The van der Waals surface area contributed by atoms with Crippen molar-refractivity contribution in [1.82, 2.24) is 5.32 Å². The maximum absolute atomic E-state index is 12.0. The van der Waals surface area contributed by atoms with Crippen LogP contribution in [0.5, 0.6) is 11.5 Å². The Morgan fingerprint density at radius 3 is 2.50 bits per heavy atom. The van der Waals surface area contributed by atoms with Crippen molar-refractivity contribution in [3.8, 4) is 11.5 Å². The van der Waals surface area contributed by atoms with Gasteiger partial charge in [0, 0.05) is 6.54 Å². The molecule has 0 saturated heterocycles. The predicted octanol–water partition coefficient (Wildman–Crippen LogP) is 2.44. The SMILES string of the molecule is COc1ccccc1OCC(=O)NCC(Cc1cccc(C)c1)C(=O)O. The molecule has 26 heavy (non-hydrogen) atoms. The van der Waals surface area contributed by atoms with Gasteiger partial charge in [-0.15, -0.1) is 0 Å². The molecule has 2 aromatic carbocycles. The number of carbonyl (C=O) groups excluding carboxylic acids is 1. The number of ether oxygens (including phenoxy) is 2. The number of carbonyl (C=O) groups is 2. The fourth-order valence-corrected chi connectivity index (χ4v) is 2.54. The monoisotopic (exact) mass is 357 g/mol. The topological polar surface area (TPSA) is 84.9 Å². The van der Waals surface area contributed by atoms with Gasteiger partial charge in [-0.05, 0) is 31.0 Å². The van der Waals surface area contributed by atoms with Crippen molar-refractivity contribution < 1.29 is 24.2 Å². The number of nitrogens with one attached hydrogen (secondary N) is 1. The largest absolute Gasteiger partial charge is 0.493 e. The third-order valence-electron chi connectivity index (χ3n) is 3.89. The minimum Gasteiger partial charge on any atom is -0.493 e. The summed E-state index contributed by atoms with van der Waals surface area (Å²) >= 11 is 0. The second-order valence-electron chi connectivity index (χ2n) is 5.97. The molecule has 6 heteroatoms. The van der Waals surface area contributed by atoms with E-state index in [2.05, 4.69) is 5.32 Å². The Balaban J connectivity index is 1.86. The van der Waals surface area contributed by atoms with Gasteiger partial charge in [-0.2, -0.15) is 0 Å². The zero-order valence-electron chi connectivity index (χ0n) is 14.9. The molecule has 6 nitrogen and oxygen atoms in total. The third-order valence-corrected chi connectivity index (χ3v) is 3.89. The molecule has 0 aliphatic heterocycles. The fourth-order valence-electron chi connectivity index (χ4n) is 2.54. The predicted molar refractivity (Wildman–Crippen MR) is 97.5 cm³/mol. The number of para-hydroxylation sites is 2. The molecule has 2 rings (SSSR count). The highest BCUT2D eigenvalue weighted by molar-refractivity contribution is 5.78. The van der Waals surface area contributed by atoms with E-state index in [4.69, 9.17) is 9.47 Å². The molecule has 0 saturated carbocycles. The molecule has 0 radical (unpaired) electrons. The van der Waals surface area contributed by atoms with Crippen LogP contribution < -0.4 is 14.8 Å². The van der Waals surface area contributed by atoms with E-state index in [0.717, 1.165) is 11.1 Å². The van der Waals surface area contributed by atoms with Crippen LogP contribution in [0.15, 0.2) is 48.5 Å². The van der Waals surface area contributed by atoms with Crippen molar-refractivity contribution in [3.63, 3.8) is 0 Å². The van der Waals surface area contributed by atoms with Gasteiger partial charge in [-0.1, -0.05) is 42.0 Å². The van der Waals surface area contributed by atoms with E-state index in [-0.39, 0.29) is 19.1 Å². The summed E-state index contributed by atoms with van der Waals surface area (Å²) in [5.41, 5.74) is 2.00. The lowest BCUT2D eigenvalue weighted by atomic mass is 9.98. The normalized spacial score (nSPS) is 11.5. The summed E-state index contributed by atoms with van der Waals surface area (Å²) in [7, 11) is 1.52. The lowest BCUT2D eigenvalue weighted by Gasteiger charge is -2.15. The molecule has 1 atom stereocenters. The molecule has 0 bridgehead atoms. The van der Waals surface area contributed by atoms with Crippen molar-refractivity contribution in [2.24, 2.45) is 5.92 Å². The van der Waals surface area contributed by atoms with Crippen LogP contribution in [0.2, 0.25) is 0 Å². The van der Waals surface area contributed by atoms with Gasteiger partial charge in [0.05, 0.1) is 13.0 Å². The van der Waals surface area contributed by atoms with Gasteiger partial charge in [-0.3, -0.25) is 9.59 Å². The average molecular weight is 357 g/mol. The molecular weight excluding hydrogens is 334 g/mol. The van der Waals surface area contributed by atoms with Crippen LogP contribution in [0, 0.1) is 12.8 Å². The number of aryl methyl sites for hydroxylation is 1. The van der Waals surface area contributed by atoms with Gasteiger partial charge in [0.25, 0.3) is 5.91 Å². The molecule has 0 aliphatic rings. The molecule has 2 aromatic rings. The lowest BCUT2D eigenvalue weighted by Crippen LogP contribution is -2.36. The number of rotatable bonds is 9. The van der Waals surface area contributed by atoms with Gasteiger partial charge in [0.15, 0.2) is 18.1 Å². The smallest absolute Gasteiger partial charge is 0.308 e. The standard InChI is InChI=1S/C20H23NO5/c1-14-6-5-7-15(10-14)11-16(20(23)24)12-21-19(22)13-26-18-9-4-3-8-17(18)25-2/h3-10,16H,11-13H2,1-2H3,(H,21,22)(H,23,24). The molecule has 0 aromatic heterocycles. The number of carboxylic acids is 1. The van der Waals surface area contributed by atoms with E-state index < -0.39 is 11.9 Å². The number of hydrogen-bond donors (Lipinski definition) is 2. The van der Waals surface area contributed by atoms with Gasteiger partial charge < -0.3 is 19.9 Å². The number of methoxy groups -OCH3 is 1. The molecule has 0 spiro atoms. The van der Waals surface area contributed by atoms with E-state index in [1.807, 2.05) is 31.2 Å². The lowest BCUT2D eigenvalue weighted by molar-refractivity contribution is -0.141. The van der Waals surface area contributed by atoms with E-state index in [9.17, 15) is 14.7 Å². The molecule has 1 unspecified atom stereocenters. The molecular formula is C20H23NO5. The van der Waals surface area contributed by atoms with Crippen molar-refractivity contribution in [3.05, 3.63) is 59.7 Å². The summed E-state index contributed by atoms with van der Waals surface area (Å²) in [4.78, 5) is 23.4. The maximum Gasteiger partial charge on any atom is 0.308 e. The Kier molecular flexibility index (Phi) is 7.02. The van der Waals surface area contributed by atoms with E-state index >= 15 is 0 Å². The van der Waals surface area contributed by atoms with Crippen LogP contribution >= 0.6 is 0 Å². The highest BCUT2D eigenvalue weighted by Gasteiger charge is 2.19. The first kappa shape index (κ1) is 19.3. The van der Waals surface area contributed by atoms with E-state index in [1.54, 1.807) is 24.3 Å². The van der Waals surface area contributed by atoms with Crippen LogP contribution in [-0.4, -0.2) is 37.2 Å². The number of carboxylic acid groups (broad SMARTS) is 1. The van der Waals surface area contributed by atoms with Crippen molar-refractivity contribution in [2.75, 3.05) is 20.3 Å². The van der Waals surface area contributed by atoms with Crippen LogP contribution in [0.25, 0.3) is 0 Å². The number of hydrogen-bond acceptors (Lipinski definition) is 4. The van der Waals surface area contributed by atoms with E-state index in [1.165, 1.54) is 7.11 Å². The maximum atomic E-state index is 12.0. The minimum absolute atomic E-state index is 0.0391. The second-order valence-corrected chi connectivity index (χ2v) is 5.97. The summed E-state index contributed by atoms with van der Waals surface area (Å²) in [6.07, 6.45) is 0.352. The summed E-state index contributed by atoms with van der Waals surface area (Å²) in [5, 5.41) is 12.0. The van der Waals surface area contributed by atoms with Gasteiger partial charge >= 0.3 is 5.97 Å². The van der Waals surface area contributed by atoms with E-state index in [0.29, 0.717) is 17.9 Å². The number of aliphatic carboxylic acids is 1. The van der Waals surface area contributed by atoms with Crippen molar-refractivity contribution in [2.45, 2.75) is 13.3 Å². The Hall–Kier alpha value is -3.02. The summed E-state index contributed by atoms with van der Waals surface area (Å²) in [6, 6.07) is 14.7. The summed E-state index contributed by atoms with van der Waals surface area (Å²) < 4.78 is 10.6. The van der Waals surface area contributed by atoms with Crippen molar-refractivity contribution >= 4 is 11.9 Å². The van der Waals surface area contributed by atoms with Crippen LogP contribution in [-0.2, 0) is 16.0 Å². The molecule has 0 heterocycles. The Morgan fingerprint density at radius 2 is 1.85 bits per heavy atom. The Morgan fingerprint density at radius 1 is 1.12 bits per heavy atom. The molecule has 138 valence electrons. The molecule has 0 fully saturated rings. The summed E-state index contributed by atoms with van der Waals surface area (Å²) in [6.45, 7) is 1.78. The highest BCUT2D eigenvalue weighted by Crippen LogP contribution is 2.25. The Bertz CT molecular complexity index is 759. The Labute approximate surface area is 152 Å². The van der Waals surface area contributed by atoms with Gasteiger partial charge in [0.2, 0.25) is 0 Å². The quantitative estimate of drug-likeness (QED) is 0.720. The van der Waals surface area contributed by atoms with Crippen LogP contribution in [0.3, 0.4) is 0 Å². The zero-order chi connectivity index (χ0) is 18.9. The minimum atomic E-state index is -0.947. The number of benzene rings is 2. The molecule has 2 N–H and O–H groups in total. The molecule has 1 amide bonds. The first-order chi connectivity index (χ1) is 12.5. The van der Waals surface area contributed by atoms with Crippen molar-refractivity contribution in [1.29, 1.82) is 0 Å². The number of amides is 1. The van der Waals surface area contributed by atoms with Crippen LogP contribution in [0.1, 0.15) is 11.1 Å². The first-order valence-corrected chi connectivity index (χ1v) is 8.30. The summed E-state index contributed by atoms with van der Waals surface area (Å²) in [5.74, 6) is -1.04. The zero-order valence-corrected chi connectivity index (χ0v) is 14.9. The second kappa shape index (κ2) is 9.46. The van der Waals surface area contributed by atoms with Gasteiger partial charge in [0.1, 0.15) is 0 Å². The molecule has 0 aliphatic carbocycles.